The number of rotatable bonds is 1. The van der Waals surface area contributed by atoms with Gasteiger partial charge in [0, 0.05) is 5.56 Å². The van der Waals surface area contributed by atoms with E-state index in [9.17, 15) is 0 Å². The summed E-state index contributed by atoms with van der Waals surface area (Å²) in [6, 6.07) is 5.11. The van der Waals surface area contributed by atoms with Crippen molar-refractivity contribution in [2.45, 2.75) is 0 Å². The van der Waals surface area contributed by atoms with E-state index in [2.05, 4.69) is 10.1 Å². The van der Waals surface area contributed by atoms with Gasteiger partial charge in [0.2, 0.25) is 0 Å². The molecule has 66 valence electrons. The lowest BCUT2D eigenvalue weighted by Gasteiger charge is -1.96. The van der Waals surface area contributed by atoms with Gasteiger partial charge in [-0.25, -0.2) is 4.98 Å². The minimum atomic E-state index is 0.0540. The third-order valence-corrected chi connectivity index (χ3v) is 1.73. The standard InChI is InChI=1S/C8H7N3O2/c9-8(11-12)5-1-2-6-7(3-5)13-4-10-6/h1-4,12H,(H2,9,11). The van der Waals surface area contributed by atoms with E-state index in [1.165, 1.54) is 6.39 Å². The van der Waals surface area contributed by atoms with E-state index in [0.717, 1.165) is 5.52 Å². The number of aromatic nitrogens is 1. The Balaban J connectivity index is 2.60. The van der Waals surface area contributed by atoms with Crippen molar-refractivity contribution in [3.8, 4) is 0 Å². The minimum Gasteiger partial charge on any atom is -0.443 e. The van der Waals surface area contributed by atoms with Gasteiger partial charge in [-0.05, 0) is 18.2 Å². The van der Waals surface area contributed by atoms with Gasteiger partial charge >= 0.3 is 0 Å². The molecule has 0 bridgehead atoms. The highest BCUT2D eigenvalue weighted by molar-refractivity contribution is 5.99. The van der Waals surface area contributed by atoms with Crippen LogP contribution in [0.15, 0.2) is 34.2 Å². The van der Waals surface area contributed by atoms with Gasteiger partial charge in [-0.1, -0.05) is 5.16 Å². The van der Waals surface area contributed by atoms with Crippen molar-refractivity contribution in [2.75, 3.05) is 0 Å². The highest BCUT2D eigenvalue weighted by atomic mass is 16.4. The van der Waals surface area contributed by atoms with E-state index < -0.39 is 0 Å². The molecule has 0 atom stereocenters. The van der Waals surface area contributed by atoms with Gasteiger partial charge in [0.25, 0.3) is 0 Å². The second kappa shape index (κ2) is 2.78. The summed E-state index contributed by atoms with van der Waals surface area (Å²) in [6.45, 7) is 0. The van der Waals surface area contributed by atoms with Gasteiger partial charge in [0.1, 0.15) is 5.52 Å². The van der Waals surface area contributed by atoms with Crippen LogP contribution >= 0.6 is 0 Å². The second-order valence-electron chi connectivity index (χ2n) is 2.52. The quantitative estimate of drug-likeness (QED) is 0.293. The first-order chi connectivity index (χ1) is 6.31. The molecule has 5 heteroatoms. The maximum absolute atomic E-state index is 8.43. The van der Waals surface area contributed by atoms with Crippen LogP contribution in [0.2, 0.25) is 0 Å². The van der Waals surface area contributed by atoms with Crippen LogP contribution in [0.25, 0.3) is 11.1 Å². The van der Waals surface area contributed by atoms with Crippen molar-refractivity contribution in [2.24, 2.45) is 10.9 Å². The molecule has 0 spiro atoms. The van der Waals surface area contributed by atoms with Gasteiger partial charge in [-0.3, -0.25) is 0 Å². The number of benzene rings is 1. The van der Waals surface area contributed by atoms with Crippen LogP contribution in [-0.2, 0) is 0 Å². The Bertz CT molecular complexity index is 461. The number of oxazole rings is 1. The fraction of sp³-hybridized carbons (Fsp3) is 0. The van der Waals surface area contributed by atoms with Gasteiger partial charge in [0.15, 0.2) is 17.8 Å². The molecule has 0 saturated carbocycles. The number of hydrogen-bond donors (Lipinski definition) is 2. The van der Waals surface area contributed by atoms with Crippen molar-refractivity contribution in [1.82, 2.24) is 4.98 Å². The largest absolute Gasteiger partial charge is 0.443 e. The average Bonchev–Trinajstić information content (AvgIpc) is 2.63. The molecule has 1 aromatic carbocycles. The van der Waals surface area contributed by atoms with Crippen LogP contribution < -0.4 is 5.73 Å². The van der Waals surface area contributed by atoms with E-state index in [1.807, 2.05) is 0 Å². The molecule has 2 rings (SSSR count). The first-order valence-corrected chi connectivity index (χ1v) is 3.62. The Morgan fingerprint density at radius 1 is 1.54 bits per heavy atom. The van der Waals surface area contributed by atoms with Crippen molar-refractivity contribution < 1.29 is 9.62 Å². The lowest BCUT2D eigenvalue weighted by molar-refractivity contribution is 0.318. The van der Waals surface area contributed by atoms with Crippen molar-refractivity contribution >= 4 is 16.9 Å². The molecule has 0 aliphatic heterocycles. The van der Waals surface area contributed by atoms with Crippen molar-refractivity contribution in [3.05, 3.63) is 30.2 Å². The summed E-state index contributed by atoms with van der Waals surface area (Å²) in [5, 5.41) is 11.3. The van der Waals surface area contributed by atoms with Crippen LogP contribution in [0.1, 0.15) is 5.56 Å². The molecule has 1 heterocycles. The molecule has 0 saturated heterocycles. The van der Waals surface area contributed by atoms with Gasteiger partial charge in [-0.2, -0.15) is 0 Å². The van der Waals surface area contributed by atoms with Crippen LogP contribution in [0.3, 0.4) is 0 Å². The topological polar surface area (TPSA) is 84.6 Å². The highest BCUT2D eigenvalue weighted by Gasteiger charge is 2.02. The zero-order chi connectivity index (χ0) is 9.26. The zero-order valence-electron chi connectivity index (χ0n) is 6.64. The summed E-state index contributed by atoms with van der Waals surface area (Å²) in [4.78, 5) is 3.94. The molecule has 0 aliphatic rings. The molecule has 1 aromatic heterocycles. The maximum atomic E-state index is 8.43. The lowest BCUT2D eigenvalue weighted by Crippen LogP contribution is -2.12. The maximum Gasteiger partial charge on any atom is 0.181 e. The average molecular weight is 177 g/mol. The Kier molecular flexibility index (Phi) is 1.63. The molecule has 13 heavy (non-hydrogen) atoms. The molecule has 0 amide bonds. The zero-order valence-corrected chi connectivity index (χ0v) is 6.64. The van der Waals surface area contributed by atoms with E-state index in [1.54, 1.807) is 18.2 Å². The third-order valence-electron chi connectivity index (χ3n) is 1.73. The predicted molar refractivity (Wildman–Crippen MR) is 46.5 cm³/mol. The predicted octanol–water partition coefficient (Wildman–Crippen LogP) is 0.922. The minimum absolute atomic E-state index is 0.0540. The number of nitrogens with two attached hydrogens (primary N) is 1. The molecule has 0 radical (unpaired) electrons. The summed E-state index contributed by atoms with van der Waals surface area (Å²) in [6.07, 6.45) is 1.35. The monoisotopic (exact) mass is 177 g/mol. The molecule has 5 nitrogen and oxygen atoms in total. The SMILES string of the molecule is N/C(=N/O)c1ccc2ncoc2c1. The summed E-state index contributed by atoms with van der Waals surface area (Å²) >= 11 is 0. The Hall–Kier alpha value is -2.04. The summed E-state index contributed by atoms with van der Waals surface area (Å²) < 4.78 is 5.05. The van der Waals surface area contributed by atoms with Crippen LogP contribution in [0, 0.1) is 0 Å². The molecule has 0 fully saturated rings. The van der Waals surface area contributed by atoms with Gasteiger partial charge in [0.05, 0.1) is 0 Å². The Morgan fingerprint density at radius 2 is 2.38 bits per heavy atom. The van der Waals surface area contributed by atoms with E-state index >= 15 is 0 Å². The molecular weight excluding hydrogens is 170 g/mol. The summed E-state index contributed by atoms with van der Waals surface area (Å²) in [5.74, 6) is 0.0540. The Morgan fingerprint density at radius 3 is 3.15 bits per heavy atom. The molecule has 2 aromatic rings. The first kappa shape index (κ1) is 7.60. The van der Waals surface area contributed by atoms with Crippen LogP contribution in [-0.4, -0.2) is 16.0 Å². The van der Waals surface area contributed by atoms with Crippen LogP contribution in [0.4, 0.5) is 0 Å². The number of fused-ring (bicyclic) bond motifs is 1. The normalized spacial score (nSPS) is 12.2. The molecular formula is C8H7N3O2. The number of oxime groups is 1. The van der Waals surface area contributed by atoms with Crippen LogP contribution in [0.5, 0.6) is 0 Å². The van der Waals surface area contributed by atoms with E-state index in [0.29, 0.717) is 11.1 Å². The second-order valence-corrected chi connectivity index (χ2v) is 2.52. The van der Waals surface area contributed by atoms with E-state index in [4.69, 9.17) is 15.4 Å². The lowest BCUT2D eigenvalue weighted by atomic mass is 10.2. The van der Waals surface area contributed by atoms with E-state index in [-0.39, 0.29) is 5.84 Å². The smallest absolute Gasteiger partial charge is 0.181 e. The summed E-state index contributed by atoms with van der Waals surface area (Å²) in [5.41, 5.74) is 7.36. The molecule has 0 unspecified atom stereocenters. The van der Waals surface area contributed by atoms with Gasteiger partial charge < -0.3 is 15.4 Å². The fourth-order valence-corrected chi connectivity index (χ4v) is 1.07. The Labute approximate surface area is 73.5 Å². The number of hydrogen-bond acceptors (Lipinski definition) is 4. The fourth-order valence-electron chi connectivity index (χ4n) is 1.07. The number of nitrogens with zero attached hydrogens (tertiary/aromatic N) is 2. The van der Waals surface area contributed by atoms with Crippen molar-refractivity contribution in [3.63, 3.8) is 0 Å². The third kappa shape index (κ3) is 1.20. The molecule has 0 aliphatic carbocycles. The molecule has 3 N–H and O–H groups in total. The number of amidine groups is 1. The van der Waals surface area contributed by atoms with Gasteiger partial charge in [-0.15, -0.1) is 0 Å². The first-order valence-electron chi connectivity index (χ1n) is 3.62. The van der Waals surface area contributed by atoms with Crippen molar-refractivity contribution in [1.29, 1.82) is 0 Å². The highest BCUT2D eigenvalue weighted by Crippen LogP contribution is 2.13. The summed E-state index contributed by atoms with van der Waals surface area (Å²) in [7, 11) is 0.